The molecule has 370 valence electrons. The van der Waals surface area contributed by atoms with Crippen molar-refractivity contribution in [2.24, 2.45) is 11.3 Å². The van der Waals surface area contributed by atoms with Crippen LogP contribution in [0.2, 0.25) is 0 Å². The van der Waals surface area contributed by atoms with E-state index in [1.807, 2.05) is 72.1 Å². The lowest BCUT2D eigenvalue weighted by molar-refractivity contribution is -0.148. The first-order chi connectivity index (χ1) is 28.7. The van der Waals surface area contributed by atoms with Crippen LogP contribution in [0.25, 0.3) is 0 Å². The number of morpholine rings is 2. The van der Waals surface area contributed by atoms with Crippen LogP contribution in [0.4, 0.5) is 4.79 Å². The summed E-state index contributed by atoms with van der Waals surface area (Å²) < 4.78 is 42.5. The lowest BCUT2D eigenvalue weighted by Gasteiger charge is -2.38. The summed E-state index contributed by atoms with van der Waals surface area (Å²) in [6.07, 6.45) is 4.13. The van der Waals surface area contributed by atoms with Crippen LogP contribution in [0.1, 0.15) is 143 Å². The topological polar surface area (TPSA) is 156 Å². The molecule has 6 heterocycles. The van der Waals surface area contributed by atoms with E-state index in [9.17, 15) is 27.6 Å². The van der Waals surface area contributed by atoms with Crippen molar-refractivity contribution < 1.29 is 46.5 Å². The number of likely N-dealkylation sites (tertiary alicyclic amines) is 1. The molecule has 4 amide bonds. The molecule has 16 heteroatoms. The highest BCUT2D eigenvalue weighted by atomic mass is 32.2. The van der Waals surface area contributed by atoms with Crippen molar-refractivity contribution in [3.05, 3.63) is 0 Å². The molecule has 15 nitrogen and oxygen atoms in total. The maximum absolute atomic E-state index is 11.4. The highest BCUT2D eigenvalue weighted by Gasteiger charge is 2.35. The number of hydrogen-bond acceptors (Lipinski definition) is 11. The summed E-state index contributed by atoms with van der Waals surface area (Å²) in [6.45, 7) is 45.8. The first-order valence-corrected chi connectivity index (χ1v) is 25.0. The first-order valence-electron chi connectivity index (χ1n) is 23.2. The minimum absolute atomic E-state index is 0.0547. The molecule has 0 unspecified atom stereocenters. The summed E-state index contributed by atoms with van der Waals surface area (Å²) in [5, 5.41) is 0. The largest absolute Gasteiger partial charge is 0.448 e. The lowest BCUT2D eigenvalue weighted by Crippen LogP contribution is -2.53. The maximum Gasteiger partial charge on any atom is 0.410 e. The zero-order valence-electron chi connectivity index (χ0n) is 42.8. The molecule has 6 saturated heterocycles. The van der Waals surface area contributed by atoms with E-state index >= 15 is 0 Å². The van der Waals surface area contributed by atoms with Gasteiger partial charge in [-0.15, -0.1) is 0 Å². The van der Waals surface area contributed by atoms with Gasteiger partial charge in [0, 0.05) is 80.6 Å². The van der Waals surface area contributed by atoms with Crippen molar-refractivity contribution in [3.63, 3.8) is 0 Å². The Morgan fingerprint density at radius 3 is 1.32 bits per heavy atom. The van der Waals surface area contributed by atoms with Crippen LogP contribution in [0.15, 0.2) is 0 Å². The fourth-order valence-electron chi connectivity index (χ4n) is 7.65. The number of cyclic esters (lactones) is 1. The van der Waals surface area contributed by atoms with Crippen LogP contribution in [0.5, 0.6) is 0 Å². The van der Waals surface area contributed by atoms with Gasteiger partial charge in [-0.25, -0.2) is 13.2 Å². The number of rotatable bonds is 1. The predicted octanol–water partition coefficient (Wildman–Crippen LogP) is 6.52. The summed E-state index contributed by atoms with van der Waals surface area (Å²) in [7, 11) is -3.12. The van der Waals surface area contributed by atoms with Crippen molar-refractivity contribution in [2.75, 3.05) is 97.0 Å². The molecule has 0 saturated carbocycles. The molecule has 0 aromatic carbocycles. The van der Waals surface area contributed by atoms with E-state index in [0.717, 1.165) is 77.9 Å². The smallest absolute Gasteiger partial charge is 0.410 e. The Kier molecular flexibility index (Phi) is 23.6. The lowest BCUT2D eigenvalue weighted by atomic mass is 9.76. The second-order valence-corrected chi connectivity index (χ2v) is 24.5. The van der Waals surface area contributed by atoms with Gasteiger partial charge in [0.15, 0.2) is 9.84 Å². The molecule has 0 spiro atoms. The fraction of sp³-hybridized carbons (Fsp3) is 0.915. The molecular weight excluding hydrogens is 827 g/mol. The predicted molar refractivity (Wildman–Crippen MR) is 251 cm³/mol. The normalized spacial score (nSPS) is 21.7. The zero-order valence-corrected chi connectivity index (χ0v) is 43.6. The second kappa shape index (κ2) is 25.4. The Hall–Kier alpha value is -2.53. The maximum atomic E-state index is 11.4. The Labute approximate surface area is 383 Å². The standard InChI is InChI=1S/C9H18O.C8H15NO3S.C8H15NO2.C8H17NO.C7H13NO2.C7H13NO/c1-9(2,3)8-4-6-10-7-5-8;1-8(2,3)9-4-5-13(11,12)6-7(9)10;1-8(2,3)9-4-5-11-6-7(9)10;1-8(2,3)9-4-6-10-7-5-9;1-7(2,3)8-4-5-10-6(8)9;1-6(2)8-5-3-4-7(8)9/h8H,4-7H2,1-3H3;4-6H2,1-3H3;4-6H2,1-3H3;4-7H2,1-3H3;4-5H2,1-3H3;6H,3-5H2,1-2H3. The average Bonchev–Trinajstić information content (AvgIpc) is 3.80. The van der Waals surface area contributed by atoms with Crippen LogP contribution < -0.4 is 0 Å². The summed E-state index contributed by atoms with van der Waals surface area (Å²) in [4.78, 5) is 54.1. The molecule has 0 aromatic heterocycles. The van der Waals surface area contributed by atoms with Gasteiger partial charge in [0.2, 0.25) is 17.7 Å². The van der Waals surface area contributed by atoms with Gasteiger partial charge in [0.05, 0.1) is 32.1 Å². The first kappa shape index (κ1) is 58.5. The minimum Gasteiger partial charge on any atom is -0.448 e. The third kappa shape index (κ3) is 22.5. The van der Waals surface area contributed by atoms with Crippen LogP contribution in [-0.4, -0.2) is 182 Å². The van der Waals surface area contributed by atoms with Gasteiger partial charge >= 0.3 is 6.09 Å². The molecular formula is C47H91N5O10S. The Bertz CT molecular complexity index is 1480. The second-order valence-electron chi connectivity index (χ2n) is 22.3. The van der Waals surface area contributed by atoms with Crippen molar-refractivity contribution >= 4 is 33.7 Å². The molecule has 0 N–H and O–H groups in total. The molecule has 0 radical (unpaired) electrons. The highest BCUT2D eigenvalue weighted by molar-refractivity contribution is 7.92. The number of nitrogens with zero attached hydrogens (tertiary/aromatic N) is 5. The number of ether oxygens (including phenoxy) is 4. The van der Waals surface area contributed by atoms with E-state index in [1.165, 1.54) is 12.8 Å². The third-order valence-electron chi connectivity index (χ3n) is 11.6. The van der Waals surface area contributed by atoms with Crippen molar-refractivity contribution in [1.29, 1.82) is 0 Å². The summed E-state index contributed by atoms with van der Waals surface area (Å²) >= 11 is 0. The molecule has 6 aliphatic heterocycles. The van der Waals surface area contributed by atoms with E-state index < -0.39 is 9.84 Å². The molecule has 0 bridgehead atoms. The summed E-state index contributed by atoms with van der Waals surface area (Å²) in [5.41, 5.74) is 0.398. The van der Waals surface area contributed by atoms with Crippen molar-refractivity contribution in [1.82, 2.24) is 24.5 Å². The molecule has 63 heavy (non-hydrogen) atoms. The average molecular weight is 918 g/mol. The highest BCUT2D eigenvalue weighted by Crippen LogP contribution is 2.33. The molecule has 6 rings (SSSR count). The SMILES string of the molecule is CC(C)(C)C1CCOCC1.CC(C)(C)N1CCOC1=O.CC(C)(C)N1CCOCC1.CC(C)(C)N1CCOCC1=O.CC(C)(C)N1CCS(=O)(=O)CC1=O.CC(C)N1CCCC1=O. The van der Waals surface area contributed by atoms with E-state index in [0.29, 0.717) is 42.7 Å². The molecule has 0 aliphatic carbocycles. The molecule has 0 aromatic rings. The number of carbonyl (C=O) groups excluding carboxylic acids is 4. The number of sulfone groups is 1. The van der Waals surface area contributed by atoms with E-state index in [-0.39, 0.29) is 52.6 Å². The third-order valence-corrected chi connectivity index (χ3v) is 13.1. The van der Waals surface area contributed by atoms with Gasteiger partial charge in [-0.3, -0.25) is 24.2 Å². The van der Waals surface area contributed by atoms with Crippen LogP contribution in [0.3, 0.4) is 0 Å². The Morgan fingerprint density at radius 2 is 1.02 bits per heavy atom. The monoisotopic (exact) mass is 918 g/mol. The fourth-order valence-corrected chi connectivity index (χ4v) is 8.78. The van der Waals surface area contributed by atoms with Gasteiger partial charge < -0.3 is 33.6 Å². The Morgan fingerprint density at radius 1 is 0.540 bits per heavy atom. The van der Waals surface area contributed by atoms with Gasteiger partial charge in [-0.05, 0) is 128 Å². The summed E-state index contributed by atoms with van der Waals surface area (Å²) in [6, 6.07) is 0.403. The van der Waals surface area contributed by atoms with Crippen LogP contribution >= 0.6 is 0 Å². The number of hydrogen-bond donors (Lipinski definition) is 0. The number of amides is 4. The van der Waals surface area contributed by atoms with Crippen LogP contribution in [0, 0.1) is 11.3 Å². The van der Waals surface area contributed by atoms with E-state index in [1.54, 1.807) is 9.80 Å². The quantitative estimate of drug-likeness (QED) is 0.283. The van der Waals surface area contributed by atoms with Gasteiger partial charge in [-0.2, -0.15) is 0 Å². The Balaban J connectivity index is 0.000000379. The van der Waals surface area contributed by atoms with E-state index in [2.05, 4.69) is 60.3 Å². The summed E-state index contributed by atoms with van der Waals surface area (Å²) in [5.74, 6) is 0.786. The zero-order chi connectivity index (χ0) is 48.6. The van der Waals surface area contributed by atoms with Crippen molar-refractivity contribution in [2.45, 2.75) is 172 Å². The molecule has 0 atom stereocenters. The molecule has 6 aliphatic rings. The molecule has 6 fully saturated rings. The number of carbonyl (C=O) groups is 4. The van der Waals surface area contributed by atoms with Crippen LogP contribution in [-0.2, 0) is 43.2 Å². The van der Waals surface area contributed by atoms with Gasteiger partial charge in [0.1, 0.15) is 19.0 Å². The van der Waals surface area contributed by atoms with Crippen molar-refractivity contribution in [3.8, 4) is 0 Å². The van der Waals surface area contributed by atoms with E-state index in [4.69, 9.17) is 18.9 Å². The minimum atomic E-state index is -3.12. The van der Waals surface area contributed by atoms with Gasteiger partial charge in [-0.1, -0.05) is 20.8 Å². The van der Waals surface area contributed by atoms with Gasteiger partial charge in [0.25, 0.3) is 0 Å².